The van der Waals surface area contributed by atoms with Gasteiger partial charge in [0.2, 0.25) is 0 Å². The number of thioether (sulfide) groups is 1. The molecule has 0 saturated carbocycles. The Balaban J connectivity index is 0.00000242. The number of nitrogens with zero attached hydrogens (tertiary/aromatic N) is 1. The predicted molar refractivity (Wildman–Crippen MR) is 97.1 cm³/mol. The van der Waals surface area contributed by atoms with Gasteiger partial charge in [-0.3, -0.25) is 0 Å². The molecule has 0 bridgehead atoms. The number of para-hydroxylation sites is 1. The quantitative estimate of drug-likeness (QED) is 0.393. The molecular formula is C15H14F3IN2S. The fourth-order valence-corrected chi connectivity index (χ4v) is 2.12. The Labute approximate surface area is 148 Å². The van der Waals surface area contributed by atoms with Gasteiger partial charge in [-0.25, -0.2) is 4.99 Å². The molecule has 118 valence electrons. The lowest BCUT2D eigenvalue weighted by Gasteiger charge is -2.14. The third-order valence-corrected chi connectivity index (χ3v) is 3.38. The van der Waals surface area contributed by atoms with Crippen molar-refractivity contribution in [2.45, 2.75) is 6.18 Å². The number of amidine groups is 1. The molecule has 2 rings (SSSR count). The molecule has 0 aliphatic rings. The van der Waals surface area contributed by atoms with Crippen molar-refractivity contribution >= 4 is 46.6 Å². The molecular weight excluding hydrogens is 424 g/mol. The molecule has 0 fully saturated rings. The summed E-state index contributed by atoms with van der Waals surface area (Å²) in [5.74, 6) is 0. The van der Waals surface area contributed by atoms with Gasteiger partial charge in [0, 0.05) is 5.56 Å². The van der Waals surface area contributed by atoms with Gasteiger partial charge < -0.3 is 5.73 Å². The van der Waals surface area contributed by atoms with Crippen LogP contribution in [0.2, 0.25) is 0 Å². The van der Waals surface area contributed by atoms with Gasteiger partial charge in [-0.1, -0.05) is 48.2 Å². The van der Waals surface area contributed by atoms with E-state index in [1.807, 2.05) is 0 Å². The average Bonchev–Trinajstić information content (AvgIpc) is 2.47. The third kappa shape index (κ3) is 4.39. The molecule has 0 unspecified atom stereocenters. The van der Waals surface area contributed by atoms with Gasteiger partial charge in [0.1, 0.15) is 0 Å². The number of aliphatic imine (C=N–C) groups is 1. The zero-order valence-corrected chi connectivity index (χ0v) is 14.7. The van der Waals surface area contributed by atoms with Crippen LogP contribution < -0.4 is 5.73 Å². The van der Waals surface area contributed by atoms with E-state index in [2.05, 4.69) is 4.99 Å². The molecule has 7 heteroatoms. The van der Waals surface area contributed by atoms with Gasteiger partial charge in [-0.2, -0.15) is 13.2 Å². The summed E-state index contributed by atoms with van der Waals surface area (Å²) < 4.78 is 39.4. The highest BCUT2D eigenvalue weighted by Gasteiger charge is 2.33. The van der Waals surface area contributed by atoms with E-state index in [1.165, 1.54) is 23.9 Å². The molecule has 2 nitrogen and oxygen atoms in total. The largest absolute Gasteiger partial charge is 0.417 e. The Hall–Kier alpha value is -1.22. The topological polar surface area (TPSA) is 38.4 Å². The Morgan fingerprint density at radius 2 is 1.55 bits per heavy atom. The van der Waals surface area contributed by atoms with Crippen LogP contribution >= 0.6 is 35.7 Å². The molecule has 0 aromatic heterocycles. The summed E-state index contributed by atoms with van der Waals surface area (Å²) in [6, 6.07) is 12.1. The maximum Gasteiger partial charge on any atom is 0.417 e. The van der Waals surface area contributed by atoms with Crippen LogP contribution in [0.4, 0.5) is 18.9 Å². The number of hydrogen-bond donors (Lipinski definition) is 1. The van der Waals surface area contributed by atoms with Crippen LogP contribution in [0.3, 0.4) is 0 Å². The first-order valence-electron chi connectivity index (χ1n) is 6.07. The predicted octanol–water partition coefficient (Wildman–Crippen LogP) is 5.30. The average molecular weight is 438 g/mol. The van der Waals surface area contributed by atoms with Crippen LogP contribution in [-0.2, 0) is 6.18 Å². The van der Waals surface area contributed by atoms with Crippen molar-refractivity contribution in [3.05, 3.63) is 54.1 Å². The Morgan fingerprint density at radius 3 is 2.14 bits per heavy atom. The van der Waals surface area contributed by atoms with Crippen molar-refractivity contribution in [2.75, 3.05) is 6.26 Å². The monoisotopic (exact) mass is 438 g/mol. The fourth-order valence-electron chi connectivity index (χ4n) is 1.93. The normalized spacial score (nSPS) is 11.9. The first-order valence-corrected chi connectivity index (χ1v) is 7.29. The molecule has 0 aliphatic heterocycles. The van der Waals surface area contributed by atoms with Crippen LogP contribution in [0.25, 0.3) is 11.1 Å². The summed E-state index contributed by atoms with van der Waals surface area (Å²) in [5, 5.41) is 0.298. The molecule has 22 heavy (non-hydrogen) atoms. The van der Waals surface area contributed by atoms with Crippen LogP contribution in [0, 0.1) is 0 Å². The van der Waals surface area contributed by atoms with Crippen molar-refractivity contribution in [3.63, 3.8) is 0 Å². The minimum Gasteiger partial charge on any atom is -0.378 e. The summed E-state index contributed by atoms with van der Waals surface area (Å²) >= 11 is 1.24. The van der Waals surface area contributed by atoms with E-state index in [4.69, 9.17) is 5.73 Å². The van der Waals surface area contributed by atoms with Crippen molar-refractivity contribution in [2.24, 2.45) is 10.7 Å². The minimum atomic E-state index is -4.42. The van der Waals surface area contributed by atoms with Crippen LogP contribution in [0.15, 0.2) is 53.5 Å². The lowest BCUT2D eigenvalue weighted by Crippen LogP contribution is -2.07. The molecule has 0 heterocycles. The highest BCUT2D eigenvalue weighted by Crippen LogP contribution is 2.40. The molecule has 0 saturated heterocycles. The molecule has 0 aliphatic carbocycles. The van der Waals surface area contributed by atoms with E-state index in [0.717, 1.165) is 6.07 Å². The first-order chi connectivity index (χ1) is 9.93. The summed E-state index contributed by atoms with van der Waals surface area (Å²) in [6.07, 6.45) is -2.66. The Bertz CT molecular complexity index is 672. The first kappa shape index (κ1) is 18.8. The summed E-state index contributed by atoms with van der Waals surface area (Å²) in [7, 11) is 0. The zero-order valence-electron chi connectivity index (χ0n) is 11.6. The van der Waals surface area contributed by atoms with E-state index in [1.54, 1.807) is 36.6 Å². The smallest absolute Gasteiger partial charge is 0.378 e. The van der Waals surface area contributed by atoms with Gasteiger partial charge in [0.25, 0.3) is 0 Å². The summed E-state index contributed by atoms with van der Waals surface area (Å²) in [4.78, 5) is 4.17. The number of alkyl halides is 3. The van der Waals surface area contributed by atoms with Crippen molar-refractivity contribution in [3.8, 4) is 11.1 Å². The second-order valence-electron chi connectivity index (χ2n) is 4.21. The highest BCUT2D eigenvalue weighted by molar-refractivity contribution is 14.0. The summed E-state index contributed by atoms with van der Waals surface area (Å²) in [5.41, 5.74) is 5.90. The highest BCUT2D eigenvalue weighted by atomic mass is 127. The molecule has 2 N–H and O–H groups in total. The minimum absolute atomic E-state index is 0. The molecule has 0 radical (unpaired) electrons. The van der Waals surface area contributed by atoms with Gasteiger partial charge in [-0.05, 0) is 24.0 Å². The standard InChI is InChI=1S/C15H13F3N2S.HI/c1-21-14(19)20-13-9-5-3-7-11(13)10-6-2-4-8-12(10)15(16,17)18;/h2-9H,1H3,(H2,19,20);1H. The SMILES string of the molecule is CSC(N)=Nc1ccccc1-c1ccccc1C(F)(F)F.I. The maximum absolute atomic E-state index is 13.1. The number of benzene rings is 2. The van der Waals surface area contributed by atoms with Crippen LogP contribution in [0.5, 0.6) is 0 Å². The van der Waals surface area contributed by atoms with E-state index < -0.39 is 11.7 Å². The number of rotatable bonds is 2. The molecule has 2 aromatic rings. The van der Waals surface area contributed by atoms with Gasteiger partial charge in [0.05, 0.1) is 11.3 Å². The lowest BCUT2D eigenvalue weighted by atomic mass is 9.98. The number of nitrogens with two attached hydrogens (primary N) is 1. The van der Waals surface area contributed by atoms with E-state index in [9.17, 15) is 13.2 Å². The number of hydrogen-bond acceptors (Lipinski definition) is 2. The van der Waals surface area contributed by atoms with E-state index in [-0.39, 0.29) is 29.5 Å². The second kappa shape index (κ2) is 7.87. The van der Waals surface area contributed by atoms with Gasteiger partial charge in [0.15, 0.2) is 5.17 Å². The van der Waals surface area contributed by atoms with E-state index >= 15 is 0 Å². The van der Waals surface area contributed by atoms with Crippen molar-refractivity contribution in [1.29, 1.82) is 0 Å². The fraction of sp³-hybridized carbons (Fsp3) is 0.133. The Kier molecular flexibility index (Phi) is 6.73. The van der Waals surface area contributed by atoms with Gasteiger partial charge in [-0.15, -0.1) is 24.0 Å². The van der Waals surface area contributed by atoms with Gasteiger partial charge >= 0.3 is 6.18 Å². The maximum atomic E-state index is 13.1. The lowest BCUT2D eigenvalue weighted by molar-refractivity contribution is -0.137. The van der Waals surface area contributed by atoms with Crippen LogP contribution in [0.1, 0.15) is 5.56 Å². The zero-order chi connectivity index (χ0) is 15.5. The molecule has 0 amide bonds. The van der Waals surface area contributed by atoms with E-state index in [0.29, 0.717) is 16.4 Å². The van der Waals surface area contributed by atoms with Crippen molar-refractivity contribution < 1.29 is 13.2 Å². The second-order valence-corrected chi connectivity index (χ2v) is 5.04. The Morgan fingerprint density at radius 1 is 1.00 bits per heavy atom. The molecule has 2 aromatic carbocycles. The molecule has 0 atom stereocenters. The van der Waals surface area contributed by atoms with Crippen LogP contribution in [-0.4, -0.2) is 11.4 Å². The van der Waals surface area contributed by atoms with Crippen molar-refractivity contribution in [1.82, 2.24) is 0 Å². The third-order valence-electron chi connectivity index (χ3n) is 2.87. The number of halogens is 4. The summed E-state index contributed by atoms with van der Waals surface area (Å²) in [6.45, 7) is 0. The molecule has 0 spiro atoms.